The van der Waals surface area contributed by atoms with E-state index in [9.17, 15) is 9.90 Å². The third-order valence-electron chi connectivity index (χ3n) is 3.12. The van der Waals surface area contributed by atoms with Crippen LogP contribution in [-0.2, 0) is 16.0 Å². The third-order valence-corrected chi connectivity index (χ3v) is 3.84. The van der Waals surface area contributed by atoms with Crippen molar-refractivity contribution in [2.24, 2.45) is 0 Å². The van der Waals surface area contributed by atoms with Crippen LogP contribution < -0.4 is 0 Å². The summed E-state index contributed by atoms with van der Waals surface area (Å²) >= 11 is 3.40. The minimum absolute atomic E-state index is 0.0527. The molecule has 0 aliphatic carbocycles. The highest BCUT2D eigenvalue weighted by atomic mass is 79.9. The molecule has 0 bridgehead atoms. The summed E-state index contributed by atoms with van der Waals surface area (Å²) in [5, 5.41) is 10.1. The van der Waals surface area contributed by atoms with Gasteiger partial charge in [-0.25, -0.2) is 0 Å². The van der Waals surface area contributed by atoms with Crippen LogP contribution in [0.15, 0.2) is 24.3 Å². The van der Waals surface area contributed by atoms with Crippen LogP contribution in [0.1, 0.15) is 12.5 Å². The van der Waals surface area contributed by atoms with E-state index in [4.69, 9.17) is 4.74 Å². The predicted molar refractivity (Wildman–Crippen MR) is 76.5 cm³/mol. The first-order valence-corrected chi connectivity index (χ1v) is 7.47. The van der Waals surface area contributed by atoms with Gasteiger partial charge in [0.05, 0.1) is 18.6 Å². The molecule has 1 saturated heterocycles. The van der Waals surface area contributed by atoms with E-state index in [-0.39, 0.29) is 23.9 Å². The van der Waals surface area contributed by atoms with Gasteiger partial charge in [0.25, 0.3) is 0 Å². The first kappa shape index (κ1) is 14.3. The molecule has 1 amide bonds. The van der Waals surface area contributed by atoms with Gasteiger partial charge in [-0.3, -0.25) is 4.79 Å². The molecular weight excluding hydrogens is 310 g/mol. The molecule has 1 aliphatic rings. The quantitative estimate of drug-likeness (QED) is 0.863. The molecule has 1 fully saturated rings. The maximum absolute atomic E-state index is 12.3. The fourth-order valence-electron chi connectivity index (χ4n) is 2.29. The SMILES string of the molecule is CC1CN(C(=O)Cc2cccc(O)c2)CC(CBr)O1. The number of ether oxygens (including phenoxy) is 1. The summed E-state index contributed by atoms with van der Waals surface area (Å²) in [5.41, 5.74) is 0.833. The summed E-state index contributed by atoms with van der Waals surface area (Å²) in [5.74, 6) is 0.269. The van der Waals surface area contributed by atoms with Gasteiger partial charge in [0.1, 0.15) is 5.75 Å². The van der Waals surface area contributed by atoms with Crippen molar-refractivity contribution >= 4 is 21.8 Å². The van der Waals surface area contributed by atoms with Gasteiger partial charge in [0, 0.05) is 18.4 Å². The van der Waals surface area contributed by atoms with Crippen LogP contribution in [0.2, 0.25) is 0 Å². The van der Waals surface area contributed by atoms with Crippen LogP contribution in [0.25, 0.3) is 0 Å². The largest absolute Gasteiger partial charge is 0.508 e. The highest BCUT2D eigenvalue weighted by molar-refractivity contribution is 9.09. The van der Waals surface area contributed by atoms with Crippen LogP contribution in [0.4, 0.5) is 0 Å². The molecule has 2 unspecified atom stereocenters. The molecule has 1 aliphatic heterocycles. The Morgan fingerprint density at radius 2 is 2.32 bits per heavy atom. The molecule has 1 heterocycles. The number of phenolic OH excluding ortho intramolecular Hbond substituents is 1. The number of halogens is 1. The zero-order chi connectivity index (χ0) is 13.8. The second-order valence-corrected chi connectivity index (χ2v) is 5.52. The summed E-state index contributed by atoms with van der Waals surface area (Å²) < 4.78 is 5.70. The molecule has 4 nitrogen and oxygen atoms in total. The number of aromatic hydroxyl groups is 1. The van der Waals surface area contributed by atoms with Crippen molar-refractivity contribution in [3.63, 3.8) is 0 Å². The Bertz CT molecular complexity index is 452. The normalized spacial score (nSPS) is 23.4. The fourth-order valence-corrected chi connectivity index (χ4v) is 2.64. The lowest BCUT2D eigenvalue weighted by Gasteiger charge is -2.36. The molecule has 0 aromatic heterocycles. The van der Waals surface area contributed by atoms with E-state index in [1.165, 1.54) is 0 Å². The number of hydrogen-bond acceptors (Lipinski definition) is 3. The van der Waals surface area contributed by atoms with Crippen molar-refractivity contribution in [1.29, 1.82) is 0 Å². The number of nitrogens with zero attached hydrogens (tertiary/aromatic N) is 1. The maximum atomic E-state index is 12.3. The van der Waals surface area contributed by atoms with E-state index in [1.807, 2.05) is 17.9 Å². The van der Waals surface area contributed by atoms with Crippen molar-refractivity contribution < 1.29 is 14.6 Å². The molecule has 5 heteroatoms. The Morgan fingerprint density at radius 3 is 3.00 bits per heavy atom. The summed E-state index contributed by atoms with van der Waals surface area (Å²) in [6, 6.07) is 6.83. The smallest absolute Gasteiger partial charge is 0.227 e. The number of benzene rings is 1. The molecule has 1 N–H and O–H groups in total. The topological polar surface area (TPSA) is 49.8 Å². The van der Waals surface area contributed by atoms with Gasteiger partial charge >= 0.3 is 0 Å². The van der Waals surface area contributed by atoms with Gasteiger partial charge in [0.2, 0.25) is 5.91 Å². The lowest BCUT2D eigenvalue weighted by Crippen LogP contribution is -2.50. The number of morpholine rings is 1. The molecule has 2 rings (SSSR count). The average molecular weight is 328 g/mol. The van der Waals surface area contributed by atoms with Crippen LogP contribution >= 0.6 is 15.9 Å². The molecule has 0 radical (unpaired) electrons. The maximum Gasteiger partial charge on any atom is 0.227 e. The number of rotatable bonds is 3. The van der Waals surface area contributed by atoms with E-state index in [1.54, 1.807) is 18.2 Å². The summed E-state index contributed by atoms with van der Waals surface area (Å²) in [7, 11) is 0. The second-order valence-electron chi connectivity index (χ2n) is 4.87. The highest BCUT2D eigenvalue weighted by Gasteiger charge is 2.27. The third kappa shape index (κ3) is 3.94. The summed E-state index contributed by atoms with van der Waals surface area (Å²) in [6.45, 7) is 3.22. The fraction of sp³-hybridized carbons (Fsp3) is 0.500. The van der Waals surface area contributed by atoms with E-state index in [0.717, 1.165) is 10.9 Å². The molecule has 104 valence electrons. The average Bonchev–Trinajstić information content (AvgIpc) is 2.38. The van der Waals surface area contributed by atoms with Crippen molar-refractivity contribution in [1.82, 2.24) is 4.90 Å². The number of alkyl halides is 1. The van der Waals surface area contributed by atoms with Gasteiger partial charge in [-0.2, -0.15) is 0 Å². The van der Waals surface area contributed by atoms with Gasteiger partial charge < -0.3 is 14.7 Å². The Labute approximate surface area is 121 Å². The van der Waals surface area contributed by atoms with Crippen LogP contribution in [0.3, 0.4) is 0 Å². The number of carbonyl (C=O) groups excluding carboxylic acids is 1. The Kier molecular flexibility index (Phi) is 4.82. The Balaban J connectivity index is 1.99. The van der Waals surface area contributed by atoms with E-state index in [0.29, 0.717) is 19.5 Å². The number of phenols is 1. The number of amides is 1. The Morgan fingerprint density at radius 1 is 1.53 bits per heavy atom. The van der Waals surface area contributed by atoms with E-state index >= 15 is 0 Å². The van der Waals surface area contributed by atoms with Gasteiger partial charge in [-0.1, -0.05) is 28.1 Å². The van der Waals surface area contributed by atoms with Crippen LogP contribution in [0.5, 0.6) is 5.75 Å². The van der Waals surface area contributed by atoms with Crippen molar-refractivity contribution in [3.05, 3.63) is 29.8 Å². The molecule has 1 aromatic carbocycles. The molecule has 0 saturated carbocycles. The van der Waals surface area contributed by atoms with E-state index < -0.39 is 0 Å². The zero-order valence-corrected chi connectivity index (χ0v) is 12.5. The highest BCUT2D eigenvalue weighted by Crippen LogP contribution is 2.16. The molecule has 0 spiro atoms. The number of hydrogen-bond donors (Lipinski definition) is 1. The molecule has 1 aromatic rings. The summed E-state index contributed by atoms with van der Waals surface area (Å²) in [4.78, 5) is 14.1. The van der Waals surface area contributed by atoms with Gasteiger partial charge in [-0.15, -0.1) is 0 Å². The van der Waals surface area contributed by atoms with Gasteiger partial charge in [0.15, 0.2) is 0 Å². The lowest BCUT2D eigenvalue weighted by molar-refractivity contribution is -0.142. The van der Waals surface area contributed by atoms with Crippen molar-refractivity contribution in [3.8, 4) is 5.75 Å². The second kappa shape index (κ2) is 6.39. The van der Waals surface area contributed by atoms with Crippen molar-refractivity contribution in [2.45, 2.75) is 25.6 Å². The van der Waals surface area contributed by atoms with Gasteiger partial charge in [-0.05, 0) is 24.6 Å². The predicted octanol–water partition coefficient (Wildman–Crippen LogP) is 1.95. The minimum atomic E-state index is 0.0527. The minimum Gasteiger partial charge on any atom is -0.508 e. The molecule has 19 heavy (non-hydrogen) atoms. The molecular formula is C14H18BrNO3. The monoisotopic (exact) mass is 327 g/mol. The standard InChI is InChI=1S/C14H18BrNO3/c1-10-8-16(9-13(7-15)19-10)14(18)6-11-3-2-4-12(17)5-11/h2-5,10,13,17H,6-9H2,1H3. The first-order valence-electron chi connectivity index (χ1n) is 6.35. The summed E-state index contributed by atoms with van der Waals surface area (Å²) in [6.07, 6.45) is 0.428. The van der Waals surface area contributed by atoms with Crippen LogP contribution in [0, 0.1) is 0 Å². The Hall–Kier alpha value is -1.07. The molecule has 2 atom stereocenters. The first-order chi connectivity index (χ1) is 9.08. The van der Waals surface area contributed by atoms with Crippen LogP contribution in [-0.4, -0.2) is 46.5 Å². The zero-order valence-electron chi connectivity index (χ0n) is 10.9. The van der Waals surface area contributed by atoms with Crippen molar-refractivity contribution in [2.75, 3.05) is 18.4 Å². The van der Waals surface area contributed by atoms with E-state index in [2.05, 4.69) is 15.9 Å². The number of carbonyl (C=O) groups is 1. The lowest BCUT2D eigenvalue weighted by atomic mass is 10.1.